The molecule has 14 heavy (non-hydrogen) atoms. The monoisotopic (exact) mass is 226 g/mol. The van der Waals surface area contributed by atoms with E-state index in [9.17, 15) is 0 Å². The lowest BCUT2D eigenvalue weighted by molar-refractivity contribution is 0.776. The third-order valence-corrected chi connectivity index (χ3v) is 2.78. The molecule has 0 amide bonds. The molecule has 0 bridgehead atoms. The van der Waals surface area contributed by atoms with Gasteiger partial charge < -0.3 is 0 Å². The van der Waals surface area contributed by atoms with E-state index >= 15 is 0 Å². The third-order valence-electron chi connectivity index (χ3n) is 2.04. The molecular weight excluding hydrogens is 219 g/mol. The van der Waals surface area contributed by atoms with Gasteiger partial charge in [0.05, 0.1) is 15.7 Å². The van der Waals surface area contributed by atoms with Crippen LogP contribution in [0.3, 0.4) is 0 Å². The van der Waals surface area contributed by atoms with Gasteiger partial charge in [0.1, 0.15) is 0 Å². The zero-order chi connectivity index (χ0) is 10.1. The molecule has 0 atom stereocenters. The van der Waals surface area contributed by atoms with Crippen molar-refractivity contribution in [3.8, 4) is 11.3 Å². The first-order chi connectivity index (χ1) is 6.68. The number of nitrogens with zero attached hydrogens (tertiary/aromatic N) is 2. The molecule has 0 aliphatic carbocycles. The second-order valence-electron chi connectivity index (χ2n) is 2.97. The highest BCUT2D eigenvalue weighted by molar-refractivity contribution is 6.42. The van der Waals surface area contributed by atoms with Crippen molar-refractivity contribution < 1.29 is 0 Å². The maximum Gasteiger partial charge on any atom is 0.0679 e. The SMILES string of the molecule is Cn1nccc1-c1ccc(Cl)c(Cl)c1. The van der Waals surface area contributed by atoms with E-state index < -0.39 is 0 Å². The van der Waals surface area contributed by atoms with Crippen LogP contribution in [0, 0.1) is 0 Å². The van der Waals surface area contributed by atoms with Crippen molar-refractivity contribution >= 4 is 23.2 Å². The highest BCUT2D eigenvalue weighted by atomic mass is 35.5. The molecular formula is C10H8Cl2N2. The maximum absolute atomic E-state index is 5.92. The van der Waals surface area contributed by atoms with Crippen molar-refractivity contribution in [1.29, 1.82) is 0 Å². The van der Waals surface area contributed by atoms with Gasteiger partial charge in [0.15, 0.2) is 0 Å². The first-order valence-electron chi connectivity index (χ1n) is 4.12. The van der Waals surface area contributed by atoms with E-state index in [-0.39, 0.29) is 0 Å². The van der Waals surface area contributed by atoms with E-state index in [1.165, 1.54) is 0 Å². The van der Waals surface area contributed by atoms with Gasteiger partial charge in [-0.15, -0.1) is 0 Å². The second kappa shape index (κ2) is 3.64. The number of aryl methyl sites for hydroxylation is 1. The Hall–Kier alpha value is -0.990. The van der Waals surface area contributed by atoms with Gasteiger partial charge >= 0.3 is 0 Å². The first kappa shape index (κ1) is 9.56. The zero-order valence-electron chi connectivity index (χ0n) is 7.54. The number of hydrogen-bond donors (Lipinski definition) is 0. The van der Waals surface area contributed by atoms with Gasteiger partial charge in [0, 0.05) is 18.8 Å². The fourth-order valence-electron chi connectivity index (χ4n) is 1.31. The molecule has 0 aliphatic heterocycles. The molecule has 0 fully saturated rings. The van der Waals surface area contributed by atoms with Gasteiger partial charge in [0.2, 0.25) is 0 Å². The summed E-state index contributed by atoms with van der Waals surface area (Å²) in [7, 11) is 1.89. The summed E-state index contributed by atoms with van der Waals surface area (Å²) in [6.45, 7) is 0. The van der Waals surface area contributed by atoms with Crippen LogP contribution in [0.4, 0.5) is 0 Å². The van der Waals surface area contributed by atoms with E-state index in [1.807, 2.05) is 25.2 Å². The van der Waals surface area contributed by atoms with Crippen LogP contribution >= 0.6 is 23.2 Å². The molecule has 0 saturated heterocycles. The van der Waals surface area contributed by atoms with Crippen molar-refractivity contribution in [3.05, 3.63) is 40.5 Å². The Labute approximate surface area is 92.1 Å². The summed E-state index contributed by atoms with van der Waals surface area (Å²) in [4.78, 5) is 0. The Bertz CT molecular complexity index is 463. The second-order valence-corrected chi connectivity index (χ2v) is 3.78. The Kier molecular flexibility index (Phi) is 2.48. The maximum atomic E-state index is 5.92. The Morgan fingerprint density at radius 3 is 2.50 bits per heavy atom. The minimum atomic E-state index is 0.561. The molecule has 1 aromatic carbocycles. The van der Waals surface area contributed by atoms with Gasteiger partial charge in [0.25, 0.3) is 0 Å². The van der Waals surface area contributed by atoms with E-state index in [2.05, 4.69) is 5.10 Å². The fraction of sp³-hybridized carbons (Fsp3) is 0.100. The quantitative estimate of drug-likeness (QED) is 0.730. The van der Waals surface area contributed by atoms with Crippen LogP contribution in [0.15, 0.2) is 30.5 Å². The molecule has 4 heteroatoms. The minimum Gasteiger partial charge on any atom is -0.268 e. The standard InChI is InChI=1S/C10H8Cl2N2/c1-14-10(4-5-13-14)7-2-3-8(11)9(12)6-7/h2-6H,1H3. The van der Waals surface area contributed by atoms with E-state index in [4.69, 9.17) is 23.2 Å². The van der Waals surface area contributed by atoms with Crippen LogP contribution in [0.1, 0.15) is 0 Å². The third kappa shape index (κ3) is 1.63. The predicted octanol–water partition coefficient (Wildman–Crippen LogP) is 3.39. The topological polar surface area (TPSA) is 17.8 Å². The molecule has 0 saturated carbocycles. The summed E-state index contributed by atoms with van der Waals surface area (Å²) in [6.07, 6.45) is 1.75. The molecule has 0 N–H and O–H groups in total. The summed E-state index contributed by atoms with van der Waals surface area (Å²) in [5.41, 5.74) is 2.03. The van der Waals surface area contributed by atoms with Gasteiger partial charge in [-0.05, 0) is 18.2 Å². The molecule has 1 heterocycles. The normalized spacial score (nSPS) is 10.5. The number of halogens is 2. The average Bonchev–Trinajstić information content (AvgIpc) is 2.57. The molecule has 2 rings (SSSR count). The summed E-state index contributed by atoms with van der Waals surface area (Å²) in [6, 6.07) is 7.47. The summed E-state index contributed by atoms with van der Waals surface area (Å²) in [5.74, 6) is 0. The van der Waals surface area contributed by atoms with Crippen LogP contribution in [0.2, 0.25) is 10.0 Å². The smallest absolute Gasteiger partial charge is 0.0679 e. The lowest BCUT2D eigenvalue weighted by atomic mass is 10.1. The van der Waals surface area contributed by atoms with Crippen LogP contribution in [0.5, 0.6) is 0 Å². The van der Waals surface area contributed by atoms with Crippen LogP contribution in [-0.2, 0) is 7.05 Å². The number of benzene rings is 1. The molecule has 0 aliphatic rings. The zero-order valence-corrected chi connectivity index (χ0v) is 9.05. The fourth-order valence-corrected chi connectivity index (χ4v) is 1.61. The highest BCUT2D eigenvalue weighted by Gasteiger charge is 2.04. The van der Waals surface area contributed by atoms with Crippen molar-refractivity contribution in [2.24, 2.45) is 7.05 Å². The predicted molar refractivity (Wildman–Crippen MR) is 58.7 cm³/mol. The van der Waals surface area contributed by atoms with Crippen LogP contribution in [0.25, 0.3) is 11.3 Å². The number of rotatable bonds is 1. The number of hydrogen-bond acceptors (Lipinski definition) is 1. The summed E-state index contributed by atoms with van der Waals surface area (Å²) in [5, 5.41) is 5.21. The Morgan fingerprint density at radius 2 is 1.93 bits per heavy atom. The van der Waals surface area contributed by atoms with Crippen molar-refractivity contribution in [3.63, 3.8) is 0 Å². The van der Waals surface area contributed by atoms with Gasteiger partial charge in [-0.3, -0.25) is 4.68 Å². The van der Waals surface area contributed by atoms with Crippen LogP contribution in [-0.4, -0.2) is 9.78 Å². The summed E-state index contributed by atoms with van der Waals surface area (Å²) >= 11 is 11.7. The average molecular weight is 227 g/mol. The van der Waals surface area contributed by atoms with E-state index in [0.29, 0.717) is 10.0 Å². The molecule has 0 spiro atoms. The largest absolute Gasteiger partial charge is 0.268 e. The molecule has 72 valence electrons. The van der Waals surface area contributed by atoms with Gasteiger partial charge in [-0.25, -0.2) is 0 Å². The van der Waals surface area contributed by atoms with Crippen molar-refractivity contribution in [1.82, 2.24) is 9.78 Å². The Morgan fingerprint density at radius 1 is 1.14 bits per heavy atom. The molecule has 0 unspecified atom stereocenters. The lowest BCUT2D eigenvalue weighted by Gasteiger charge is -2.03. The van der Waals surface area contributed by atoms with Gasteiger partial charge in [-0.1, -0.05) is 29.3 Å². The first-order valence-corrected chi connectivity index (χ1v) is 4.87. The highest BCUT2D eigenvalue weighted by Crippen LogP contribution is 2.27. The molecule has 2 nitrogen and oxygen atoms in total. The van der Waals surface area contributed by atoms with E-state index in [0.717, 1.165) is 11.3 Å². The molecule has 0 radical (unpaired) electrons. The lowest BCUT2D eigenvalue weighted by Crippen LogP contribution is -1.92. The Balaban J connectivity index is 2.53. The van der Waals surface area contributed by atoms with E-state index in [1.54, 1.807) is 16.9 Å². The van der Waals surface area contributed by atoms with Crippen molar-refractivity contribution in [2.75, 3.05) is 0 Å². The van der Waals surface area contributed by atoms with Gasteiger partial charge in [-0.2, -0.15) is 5.10 Å². The minimum absolute atomic E-state index is 0.561. The summed E-state index contributed by atoms with van der Waals surface area (Å²) < 4.78 is 1.79. The number of aromatic nitrogens is 2. The van der Waals surface area contributed by atoms with Crippen LogP contribution < -0.4 is 0 Å². The molecule has 2 aromatic rings. The van der Waals surface area contributed by atoms with Crippen molar-refractivity contribution in [2.45, 2.75) is 0 Å². The molecule has 1 aromatic heterocycles.